The molecule has 6 nitrogen and oxygen atoms in total. The predicted molar refractivity (Wildman–Crippen MR) is 241 cm³/mol. The number of methoxy groups -OCH3 is 3. The molecule has 2 bridgehead atoms. The standard InChI is InChI=1S/C53H64O6/c1-50(2,3)37-21-35(25-43-45(54)31-46(55)44-26-36-22-38(51(4,5)6)28-40(24-36)53(9,10)59-49(43)44)23-39(27-37)52(7,8)32-34-18-14-16-33(20-34)17-15-19-42-47(57-12)29-41(56-11)30-48(42)58-13/h14-18,20-24,27-31,54-55H,19,25-26,32H2,1-13H3/b17-15+. The number of phenolic OH excluding ortho intramolecular Hbond substituents is 2. The molecule has 1 heterocycles. The molecule has 0 saturated heterocycles. The minimum Gasteiger partial charge on any atom is -0.507 e. The number of aromatic hydroxyl groups is 2. The van der Waals surface area contributed by atoms with E-state index in [1.807, 2.05) is 12.1 Å². The van der Waals surface area contributed by atoms with Crippen molar-refractivity contribution in [2.45, 2.75) is 117 Å². The topological polar surface area (TPSA) is 77.4 Å². The molecular formula is C53H64O6. The van der Waals surface area contributed by atoms with Crippen LogP contribution in [-0.4, -0.2) is 31.5 Å². The van der Waals surface area contributed by atoms with Gasteiger partial charge in [0, 0.05) is 47.7 Å². The van der Waals surface area contributed by atoms with Crippen LogP contribution in [0.25, 0.3) is 6.08 Å². The number of hydrogen-bond donors (Lipinski definition) is 2. The molecule has 0 aliphatic carbocycles. The summed E-state index contributed by atoms with van der Waals surface area (Å²) in [6, 6.07) is 27.6. The van der Waals surface area contributed by atoms with Gasteiger partial charge < -0.3 is 29.2 Å². The van der Waals surface area contributed by atoms with Crippen molar-refractivity contribution < 1.29 is 29.2 Å². The molecule has 0 aromatic heterocycles. The van der Waals surface area contributed by atoms with Crippen LogP contribution in [0, 0.1) is 0 Å². The molecule has 2 N–H and O–H groups in total. The van der Waals surface area contributed by atoms with Crippen LogP contribution >= 0.6 is 0 Å². The van der Waals surface area contributed by atoms with E-state index in [1.165, 1.54) is 28.3 Å². The summed E-state index contributed by atoms with van der Waals surface area (Å²) in [7, 11) is 4.96. The van der Waals surface area contributed by atoms with Gasteiger partial charge in [0.25, 0.3) is 0 Å². The predicted octanol–water partition coefficient (Wildman–Crippen LogP) is 12.3. The van der Waals surface area contributed by atoms with E-state index in [-0.39, 0.29) is 27.7 Å². The Bertz CT molecular complexity index is 2340. The lowest BCUT2D eigenvalue weighted by Gasteiger charge is -2.34. The molecule has 0 atom stereocenters. The van der Waals surface area contributed by atoms with Crippen LogP contribution in [0.15, 0.2) is 84.9 Å². The Balaban J connectivity index is 1.32. The van der Waals surface area contributed by atoms with Crippen molar-refractivity contribution in [1.82, 2.24) is 0 Å². The zero-order valence-corrected chi connectivity index (χ0v) is 37.5. The van der Waals surface area contributed by atoms with Crippen molar-refractivity contribution in [3.63, 3.8) is 0 Å². The second-order valence-corrected chi connectivity index (χ2v) is 19.4. The fourth-order valence-electron chi connectivity index (χ4n) is 8.11. The van der Waals surface area contributed by atoms with E-state index in [4.69, 9.17) is 18.9 Å². The van der Waals surface area contributed by atoms with Crippen LogP contribution in [0.5, 0.6) is 34.5 Å². The molecule has 0 radical (unpaired) electrons. The molecule has 1 aliphatic heterocycles. The minimum absolute atomic E-state index is 0.0346. The number of benzene rings is 5. The Morgan fingerprint density at radius 2 is 1.32 bits per heavy atom. The van der Waals surface area contributed by atoms with E-state index < -0.39 is 5.60 Å². The first-order valence-corrected chi connectivity index (χ1v) is 20.7. The Hall–Kier alpha value is -5.36. The molecule has 0 saturated carbocycles. The van der Waals surface area contributed by atoms with Gasteiger partial charge in [0.2, 0.25) is 0 Å². The second kappa shape index (κ2) is 16.4. The Labute approximate surface area is 352 Å². The van der Waals surface area contributed by atoms with E-state index in [1.54, 1.807) is 21.3 Å². The summed E-state index contributed by atoms with van der Waals surface area (Å²) < 4.78 is 23.7. The van der Waals surface area contributed by atoms with Crippen LogP contribution in [0.2, 0.25) is 0 Å². The lowest BCUT2D eigenvalue weighted by atomic mass is 9.75. The second-order valence-electron chi connectivity index (χ2n) is 19.4. The maximum atomic E-state index is 11.6. The van der Waals surface area contributed by atoms with Crippen LogP contribution < -0.4 is 18.9 Å². The highest BCUT2D eigenvalue weighted by Crippen LogP contribution is 2.46. The number of allylic oxidation sites excluding steroid dienone is 1. The fraction of sp³-hybridized carbons (Fsp3) is 0.396. The third-order valence-electron chi connectivity index (χ3n) is 11.8. The first-order valence-electron chi connectivity index (χ1n) is 20.7. The number of rotatable bonds is 11. The fourth-order valence-corrected chi connectivity index (χ4v) is 8.11. The first-order chi connectivity index (χ1) is 27.6. The Kier molecular flexibility index (Phi) is 12.0. The van der Waals surface area contributed by atoms with Gasteiger partial charge in [-0.15, -0.1) is 0 Å². The van der Waals surface area contributed by atoms with Crippen molar-refractivity contribution in [3.8, 4) is 34.5 Å². The summed E-state index contributed by atoms with van der Waals surface area (Å²) in [5, 5.41) is 22.9. The van der Waals surface area contributed by atoms with Crippen molar-refractivity contribution in [2.75, 3.05) is 21.3 Å². The molecule has 312 valence electrons. The summed E-state index contributed by atoms with van der Waals surface area (Å²) in [6.07, 6.45) is 6.70. The van der Waals surface area contributed by atoms with Gasteiger partial charge in [-0.1, -0.05) is 128 Å². The summed E-state index contributed by atoms with van der Waals surface area (Å²) in [4.78, 5) is 0. The van der Waals surface area contributed by atoms with Gasteiger partial charge in [0.15, 0.2) is 0 Å². The molecule has 5 aromatic rings. The maximum absolute atomic E-state index is 11.6. The van der Waals surface area contributed by atoms with Crippen LogP contribution in [-0.2, 0) is 47.5 Å². The number of hydrogen-bond acceptors (Lipinski definition) is 6. The van der Waals surface area contributed by atoms with Crippen molar-refractivity contribution >= 4 is 6.08 Å². The summed E-state index contributed by atoms with van der Waals surface area (Å²) in [5.41, 5.74) is 10.6. The van der Waals surface area contributed by atoms with E-state index in [0.717, 1.165) is 45.7 Å². The number of phenols is 2. The molecule has 6 heteroatoms. The summed E-state index contributed by atoms with van der Waals surface area (Å²) in [6.45, 7) is 22.1. The van der Waals surface area contributed by atoms with Crippen molar-refractivity contribution in [3.05, 3.63) is 146 Å². The van der Waals surface area contributed by atoms with Crippen LogP contribution in [0.1, 0.15) is 130 Å². The van der Waals surface area contributed by atoms with Gasteiger partial charge in [0.05, 0.1) is 21.3 Å². The van der Waals surface area contributed by atoms with Crippen LogP contribution in [0.4, 0.5) is 0 Å². The first kappa shape index (κ1) is 43.2. The third-order valence-corrected chi connectivity index (χ3v) is 11.8. The molecule has 5 aromatic carbocycles. The number of fused-ring (bicyclic) bond motifs is 3. The lowest BCUT2D eigenvalue weighted by molar-refractivity contribution is 0.104. The maximum Gasteiger partial charge on any atom is 0.135 e. The molecule has 0 fully saturated rings. The van der Waals surface area contributed by atoms with Gasteiger partial charge in [0.1, 0.15) is 40.1 Å². The third kappa shape index (κ3) is 9.59. The van der Waals surface area contributed by atoms with Crippen LogP contribution in [0.3, 0.4) is 0 Å². The number of ether oxygens (including phenoxy) is 4. The normalized spacial score (nSPS) is 14.0. The Morgan fingerprint density at radius 3 is 1.95 bits per heavy atom. The van der Waals surface area contributed by atoms with Crippen molar-refractivity contribution in [2.24, 2.45) is 0 Å². The molecule has 59 heavy (non-hydrogen) atoms. The van der Waals surface area contributed by atoms with Crippen molar-refractivity contribution in [1.29, 1.82) is 0 Å². The van der Waals surface area contributed by atoms with E-state index >= 15 is 0 Å². The summed E-state index contributed by atoms with van der Waals surface area (Å²) in [5.74, 6) is 2.79. The largest absolute Gasteiger partial charge is 0.507 e. The van der Waals surface area contributed by atoms with Gasteiger partial charge in [-0.3, -0.25) is 0 Å². The lowest BCUT2D eigenvalue weighted by Crippen LogP contribution is -2.29. The molecule has 0 spiro atoms. The highest BCUT2D eigenvalue weighted by atomic mass is 16.5. The Morgan fingerprint density at radius 1 is 0.678 bits per heavy atom. The smallest absolute Gasteiger partial charge is 0.135 e. The van der Waals surface area contributed by atoms with Gasteiger partial charge >= 0.3 is 0 Å². The van der Waals surface area contributed by atoms with Gasteiger partial charge in [-0.05, 0) is 87.4 Å². The van der Waals surface area contributed by atoms with E-state index in [2.05, 4.69) is 142 Å². The zero-order chi connectivity index (χ0) is 43.1. The SMILES string of the molecule is COc1cc(OC)c(C/C=C/c2cccc(CC(C)(C)c3cc(Cc4c(O)cc(O)c5c4OC(C)(C)c4cc(cc(C(C)(C)C)c4)C5)cc(C(C)(C)C)c3)c2)c(OC)c1. The zero-order valence-electron chi connectivity index (χ0n) is 37.5. The monoisotopic (exact) mass is 796 g/mol. The molecule has 0 amide bonds. The quantitative estimate of drug-likeness (QED) is 0.139. The van der Waals surface area contributed by atoms with E-state index in [0.29, 0.717) is 41.9 Å². The van der Waals surface area contributed by atoms with Gasteiger partial charge in [-0.25, -0.2) is 0 Å². The molecular weight excluding hydrogens is 733 g/mol. The molecule has 0 unspecified atom stereocenters. The highest BCUT2D eigenvalue weighted by molar-refractivity contribution is 5.61. The highest BCUT2D eigenvalue weighted by Gasteiger charge is 2.33. The average Bonchev–Trinajstić information content (AvgIpc) is 3.16. The molecule has 6 rings (SSSR count). The summed E-state index contributed by atoms with van der Waals surface area (Å²) >= 11 is 0. The minimum atomic E-state index is -0.709. The van der Waals surface area contributed by atoms with E-state index in [9.17, 15) is 10.2 Å². The molecule has 1 aliphatic rings. The van der Waals surface area contributed by atoms with Gasteiger partial charge in [-0.2, -0.15) is 0 Å². The average molecular weight is 797 g/mol.